The molecular formula is C14H28N2O. The van der Waals surface area contributed by atoms with Crippen LogP contribution < -0.4 is 5.73 Å². The van der Waals surface area contributed by atoms with Crippen molar-refractivity contribution in [3.05, 3.63) is 0 Å². The van der Waals surface area contributed by atoms with Crippen molar-refractivity contribution >= 4 is 5.78 Å². The summed E-state index contributed by atoms with van der Waals surface area (Å²) in [6.45, 7) is 10.4. The molecular weight excluding hydrogens is 212 g/mol. The zero-order chi connectivity index (χ0) is 13.0. The Labute approximate surface area is 106 Å². The van der Waals surface area contributed by atoms with Crippen molar-refractivity contribution in [1.82, 2.24) is 4.90 Å². The van der Waals surface area contributed by atoms with Crippen LogP contribution in [0.5, 0.6) is 0 Å². The minimum Gasteiger partial charge on any atom is -0.328 e. The van der Waals surface area contributed by atoms with E-state index in [2.05, 4.69) is 18.7 Å². The van der Waals surface area contributed by atoms with E-state index in [1.54, 1.807) is 0 Å². The molecule has 1 atom stereocenters. The van der Waals surface area contributed by atoms with Crippen molar-refractivity contribution in [2.75, 3.05) is 13.1 Å². The molecule has 1 unspecified atom stereocenters. The predicted molar refractivity (Wildman–Crippen MR) is 71.9 cm³/mol. The Bertz CT molecular complexity index is 243. The highest BCUT2D eigenvalue weighted by Gasteiger charge is 2.30. The first-order chi connectivity index (χ1) is 7.91. The molecule has 2 N–H and O–H groups in total. The lowest BCUT2D eigenvalue weighted by molar-refractivity contribution is -0.128. The summed E-state index contributed by atoms with van der Waals surface area (Å²) in [7, 11) is 0. The number of carbonyl (C=O) groups is 1. The number of nitrogens with two attached hydrogens (primary N) is 1. The number of rotatable bonds is 5. The largest absolute Gasteiger partial charge is 0.328 e. The van der Waals surface area contributed by atoms with Gasteiger partial charge in [-0.25, -0.2) is 0 Å². The zero-order valence-corrected chi connectivity index (χ0v) is 11.8. The molecule has 1 saturated heterocycles. The third-order valence-corrected chi connectivity index (χ3v) is 3.61. The number of likely N-dealkylation sites (tertiary alicyclic amines) is 1. The van der Waals surface area contributed by atoms with Gasteiger partial charge in [0.15, 0.2) is 5.78 Å². The van der Waals surface area contributed by atoms with Crippen molar-refractivity contribution < 1.29 is 4.79 Å². The Kier molecular flexibility index (Phi) is 5.60. The Balaban J connectivity index is 2.65. The van der Waals surface area contributed by atoms with Gasteiger partial charge in [0.2, 0.25) is 0 Å². The third-order valence-electron chi connectivity index (χ3n) is 3.61. The van der Waals surface area contributed by atoms with E-state index in [0.29, 0.717) is 17.7 Å². The molecule has 0 bridgehead atoms. The van der Waals surface area contributed by atoms with E-state index in [0.717, 1.165) is 32.4 Å². The molecule has 0 aromatic rings. The van der Waals surface area contributed by atoms with Crippen molar-refractivity contribution in [1.29, 1.82) is 0 Å². The molecule has 0 aromatic heterocycles. The smallest absolute Gasteiger partial charge is 0.152 e. The zero-order valence-electron chi connectivity index (χ0n) is 11.8. The van der Waals surface area contributed by atoms with Crippen molar-refractivity contribution in [3.8, 4) is 0 Å². The van der Waals surface area contributed by atoms with Crippen LogP contribution in [0.25, 0.3) is 0 Å². The maximum Gasteiger partial charge on any atom is 0.152 e. The molecule has 17 heavy (non-hydrogen) atoms. The van der Waals surface area contributed by atoms with Gasteiger partial charge in [-0.15, -0.1) is 0 Å². The fourth-order valence-electron chi connectivity index (χ4n) is 2.51. The quantitative estimate of drug-likeness (QED) is 0.800. The minimum atomic E-state index is 0.113. The molecule has 0 aliphatic carbocycles. The summed E-state index contributed by atoms with van der Waals surface area (Å²) >= 11 is 0. The van der Waals surface area contributed by atoms with E-state index in [1.165, 1.54) is 0 Å². The molecule has 1 aliphatic rings. The van der Waals surface area contributed by atoms with Crippen LogP contribution in [-0.4, -0.2) is 35.9 Å². The SMILES string of the molecule is CC(C)CC(C(=O)C(C)C)N1CCC(N)CC1. The topological polar surface area (TPSA) is 46.3 Å². The highest BCUT2D eigenvalue weighted by atomic mass is 16.1. The Morgan fingerprint density at radius 3 is 2.18 bits per heavy atom. The van der Waals surface area contributed by atoms with Crippen LogP contribution in [0.15, 0.2) is 0 Å². The van der Waals surface area contributed by atoms with Gasteiger partial charge in [0.1, 0.15) is 0 Å². The molecule has 1 aliphatic heterocycles. The van der Waals surface area contributed by atoms with Crippen LogP contribution in [0.2, 0.25) is 0 Å². The van der Waals surface area contributed by atoms with E-state index in [1.807, 2.05) is 13.8 Å². The van der Waals surface area contributed by atoms with Crippen LogP contribution in [-0.2, 0) is 4.79 Å². The second-order valence-electron chi connectivity index (χ2n) is 6.08. The summed E-state index contributed by atoms with van der Waals surface area (Å²) in [5, 5.41) is 0. The Hall–Kier alpha value is -0.410. The van der Waals surface area contributed by atoms with Crippen LogP contribution in [0, 0.1) is 11.8 Å². The molecule has 3 heteroatoms. The Morgan fingerprint density at radius 2 is 1.76 bits per heavy atom. The monoisotopic (exact) mass is 240 g/mol. The first kappa shape index (κ1) is 14.7. The maximum atomic E-state index is 12.3. The predicted octanol–water partition coefficient (Wildman–Crippen LogP) is 2.05. The number of hydrogen-bond acceptors (Lipinski definition) is 3. The number of ketones is 1. The summed E-state index contributed by atoms with van der Waals surface area (Å²) in [4.78, 5) is 14.6. The van der Waals surface area contributed by atoms with Gasteiger partial charge >= 0.3 is 0 Å². The van der Waals surface area contributed by atoms with Crippen LogP contribution in [0.1, 0.15) is 47.0 Å². The average molecular weight is 240 g/mol. The second kappa shape index (κ2) is 6.50. The summed E-state index contributed by atoms with van der Waals surface area (Å²) in [5.74, 6) is 1.10. The molecule has 0 radical (unpaired) electrons. The lowest BCUT2D eigenvalue weighted by Crippen LogP contribution is -2.49. The van der Waals surface area contributed by atoms with E-state index < -0.39 is 0 Å². The normalized spacial score (nSPS) is 21.1. The molecule has 0 saturated carbocycles. The number of carbonyl (C=O) groups excluding carboxylic acids is 1. The molecule has 0 aromatic carbocycles. The van der Waals surface area contributed by atoms with Gasteiger partial charge < -0.3 is 5.73 Å². The highest BCUT2D eigenvalue weighted by molar-refractivity contribution is 5.85. The van der Waals surface area contributed by atoms with Crippen LogP contribution in [0.3, 0.4) is 0 Å². The van der Waals surface area contributed by atoms with Crippen molar-refractivity contribution in [3.63, 3.8) is 0 Å². The molecule has 1 fully saturated rings. The van der Waals surface area contributed by atoms with E-state index in [4.69, 9.17) is 5.73 Å². The lowest BCUT2D eigenvalue weighted by atomic mass is 9.91. The van der Waals surface area contributed by atoms with Gasteiger partial charge in [-0.3, -0.25) is 9.69 Å². The van der Waals surface area contributed by atoms with Crippen molar-refractivity contribution in [2.24, 2.45) is 17.6 Å². The van der Waals surface area contributed by atoms with E-state index in [-0.39, 0.29) is 12.0 Å². The van der Waals surface area contributed by atoms with Crippen LogP contribution in [0.4, 0.5) is 0 Å². The first-order valence-electron chi connectivity index (χ1n) is 6.95. The summed E-state index contributed by atoms with van der Waals surface area (Å²) in [6, 6.07) is 0.447. The highest BCUT2D eigenvalue weighted by Crippen LogP contribution is 2.20. The summed E-state index contributed by atoms with van der Waals surface area (Å²) in [5.41, 5.74) is 5.92. The second-order valence-corrected chi connectivity index (χ2v) is 6.08. The van der Waals surface area contributed by atoms with Gasteiger partial charge in [0.05, 0.1) is 6.04 Å². The standard InChI is InChI=1S/C14H28N2O/c1-10(2)9-13(14(17)11(3)4)16-7-5-12(15)6-8-16/h10-13H,5-9,15H2,1-4H3. The van der Waals surface area contributed by atoms with E-state index >= 15 is 0 Å². The molecule has 0 spiro atoms. The molecule has 1 heterocycles. The first-order valence-corrected chi connectivity index (χ1v) is 6.95. The lowest BCUT2D eigenvalue weighted by Gasteiger charge is -2.37. The minimum absolute atomic E-state index is 0.113. The van der Waals surface area contributed by atoms with Gasteiger partial charge in [-0.05, 0) is 25.2 Å². The number of Topliss-reactive ketones (excluding diaryl/α,β-unsaturated/α-hetero) is 1. The third kappa shape index (κ3) is 4.40. The average Bonchev–Trinajstić information content (AvgIpc) is 2.26. The van der Waals surface area contributed by atoms with Crippen molar-refractivity contribution in [2.45, 2.75) is 59.0 Å². The maximum absolute atomic E-state index is 12.3. The molecule has 1 rings (SSSR count). The van der Waals surface area contributed by atoms with Gasteiger partial charge in [-0.2, -0.15) is 0 Å². The summed E-state index contributed by atoms with van der Waals surface area (Å²) < 4.78 is 0. The molecule has 100 valence electrons. The van der Waals surface area contributed by atoms with Gasteiger partial charge in [0, 0.05) is 25.0 Å². The number of nitrogens with zero attached hydrogens (tertiary/aromatic N) is 1. The molecule has 3 nitrogen and oxygen atoms in total. The summed E-state index contributed by atoms with van der Waals surface area (Å²) in [6.07, 6.45) is 3.03. The fraction of sp³-hybridized carbons (Fsp3) is 0.929. The van der Waals surface area contributed by atoms with Crippen LogP contribution >= 0.6 is 0 Å². The van der Waals surface area contributed by atoms with Gasteiger partial charge in [-0.1, -0.05) is 27.7 Å². The fourth-order valence-corrected chi connectivity index (χ4v) is 2.51. The number of piperidine rings is 1. The van der Waals surface area contributed by atoms with E-state index in [9.17, 15) is 4.79 Å². The molecule has 0 amide bonds. The van der Waals surface area contributed by atoms with Gasteiger partial charge in [0.25, 0.3) is 0 Å². The Morgan fingerprint density at radius 1 is 1.24 bits per heavy atom. The number of hydrogen-bond donors (Lipinski definition) is 1.